The van der Waals surface area contributed by atoms with Gasteiger partial charge in [-0.15, -0.1) is 0 Å². The van der Waals surface area contributed by atoms with E-state index in [1.54, 1.807) is 6.07 Å². The lowest BCUT2D eigenvalue weighted by molar-refractivity contribution is 0.425. The molecule has 0 saturated heterocycles. The molecule has 0 aromatic carbocycles. The molecule has 0 radical (unpaired) electrons. The third-order valence-corrected chi connectivity index (χ3v) is 1.62. The van der Waals surface area contributed by atoms with Gasteiger partial charge in [-0.25, -0.2) is 0 Å². The van der Waals surface area contributed by atoms with Crippen LogP contribution in [-0.2, 0) is 7.05 Å². The predicted octanol–water partition coefficient (Wildman–Crippen LogP) is -2.06. The fourth-order valence-electron chi connectivity index (χ4n) is 0.959. The predicted molar refractivity (Wildman–Crippen MR) is 46.2 cm³/mol. The van der Waals surface area contributed by atoms with E-state index >= 15 is 0 Å². The highest BCUT2D eigenvalue weighted by Crippen LogP contribution is 1.86. The summed E-state index contributed by atoms with van der Waals surface area (Å²) in [5, 5.41) is 26.1. The van der Waals surface area contributed by atoms with Gasteiger partial charge in [-0.2, -0.15) is 5.26 Å². The highest BCUT2D eigenvalue weighted by atomic mass is 16.4. The number of aryl methyl sites for hydroxylation is 1. The molecule has 1 rings (SSSR count). The Hall–Kier alpha value is -1.58. The Bertz CT molecular complexity index is 419. The molecule has 66 valence electrons. The number of hydrogen-bond acceptors (Lipinski definition) is 4. The summed E-state index contributed by atoms with van der Waals surface area (Å²) in [7, 11) is -0.228. The standard InChI is InChI=1S/C7H7BN2O3/c1-10-4-6(8(12)13)2-5(3-9)7(10)11/h2,4,12-13H,1H3. The van der Waals surface area contributed by atoms with Gasteiger partial charge in [-0.1, -0.05) is 0 Å². The molecule has 1 heterocycles. The van der Waals surface area contributed by atoms with E-state index in [4.69, 9.17) is 15.3 Å². The van der Waals surface area contributed by atoms with E-state index in [1.165, 1.54) is 13.2 Å². The zero-order valence-corrected chi connectivity index (χ0v) is 6.93. The average molecular weight is 178 g/mol. The summed E-state index contributed by atoms with van der Waals surface area (Å²) in [6.07, 6.45) is 1.27. The first kappa shape index (κ1) is 9.51. The van der Waals surface area contributed by atoms with E-state index < -0.39 is 12.7 Å². The molecule has 6 heteroatoms. The van der Waals surface area contributed by atoms with Crippen LogP contribution in [0.15, 0.2) is 17.1 Å². The number of nitrogens with zero attached hydrogens (tertiary/aromatic N) is 2. The van der Waals surface area contributed by atoms with Crippen molar-refractivity contribution in [3.05, 3.63) is 28.2 Å². The molecule has 0 unspecified atom stereocenters. The fourth-order valence-corrected chi connectivity index (χ4v) is 0.959. The minimum Gasteiger partial charge on any atom is -0.423 e. The summed E-state index contributed by atoms with van der Waals surface area (Å²) in [6.45, 7) is 0. The lowest BCUT2D eigenvalue weighted by Crippen LogP contribution is -2.35. The van der Waals surface area contributed by atoms with Gasteiger partial charge in [0.2, 0.25) is 0 Å². The van der Waals surface area contributed by atoms with Crippen LogP contribution in [0.3, 0.4) is 0 Å². The molecule has 0 amide bonds. The molecule has 0 aliphatic heterocycles. The molecule has 0 saturated carbocycles. The Kier molecular flexibility index (Phi) is 2.51. The lowest BCUT2D eigenvalue weighted by Gasteiger charge is -2.02. The smallest absolute Gasteiger partial charge is 0.423 e. The van der Waals surface area contributed by atoms with Gasteiger partial charge in [0.05, 0.1) is 0 Å². The van der Waals surface area contributed by atoms with E-state index in [0.717, 1.165) is 10.6 Å². The summed E-state index contributed by atoms with van der Waals surface area (Å²) in [5.74, 6) is 0. The molecule has 0 atom stereocenters. The maximum absolute atomic E-state index is 11.2. The fraction of sp³-hybridized carbons (Fsp3) is 0.143. The average Bonchev–Trinajstić information content (AvgIpc) is 2.09. The van der Waals surface area contributed by atoms with E-state index in [2.05, 4.69) is 0 Å². The third kappa shape index (κ3) is 1.77. The Labute approximate surface area is 74.6 Å². The van der Waals surface area contributed by atoms with Gasteiger partial charge in [-0.05, 0) is 11.5 Å². The summed E-state index contributed by atoms with van der Waals surface area (Å²) in [6, 6.07) is 2.84. The zero-order chi connectivity index (χ0) is 10.0. The number of rotatable bonds is 1. The van der Waals surface area contributed by atoms with Gasteiger partial charge in [-0.3, -0.25) is 4.79 Å². The SMILES string of the molecule is Cn1cc(B(O)O)cc(C#N)c1=O. The van der Waals surface area contributed by atoms with Crippen molar-refractivity contribution >= 4 is 12.6 Å². The second kappa shape index (κ2) is 3.43. The molecule has 1 aromatic heterocycles. The van der Waals surface area contributed by atoms with Crippen LogP contribution < -0.4 is 11.0 Å². The molecule has 0 aliphatic rings. The summed E-state index contributed by atoms with van der Waals surface area (Å²) < 4.78 is 1.13. The summed E-state index contributed by atoms with van der Waals surface area (Å²) >= 11 is 0. The number of nitriles is 1. The van der Waals surface area contributed by atoms with Crippen LogP contribution >= 0.6 is 0 Å². The van der Waals surface area contributed by atoms with Crippen LogP contribution in [0.2, 0.25) is 0 Å². The number of hydrogen-bond donors (Lipinski definition) is 2. The van der Waals surface area contributed by atoms with Crippen LogP contribution in [0.1, 0.15) is 5.56 Å². The Morgan fingerprint density at radius 1 is 1.62 bits per heavy atom. The van der Waals surface area contributed by atoms with Crippen molar-refractivity contribution < 1.29 is 10.0 Å². The monoisotopic (exact) mass is 178 g/mol. The molecular formula is C7H7BN2O3. The molecule has 0 fully saturated rings. The second-order valence-electron chi connectivity index (χ2n) is 2.59. The van der Waals surface area contributed by atoms with Crippen molar-refractivity contribution in [2.45, 2.75) is 0 Å². The van der Waals surface area contributed by atoms with Crippen molar-refractivity contribution in [2.75, 3.05) is 0 Å². The molecule has 0 spiro atoms. The lowest BCUT2D eigenvalue weighted by atomic mass is 9.81. The van der Waals surface area contributed by atoms with Crippen molar-refractivity contribution in [2.24, 2.45) is 7.05 Å². The van der Waals surface area contributed by atoms with Crippen LogP contribution in [0, 0.1) is 11.3 Å². The Morgan fingerprint density at radius 2 is 2.23 bits per heavy atom. The summed E-state index contributed by atoms with van der Waals surface area (Å²) in [4.78, 5) is 11.2. The molecule has 1 aromatic rings. The molecule has 2 N–H and O–H groups in total. The molecule has 0 aliphatic carbocycles. The van der Waals surface area contributed by atoms with Crippen LogP contribution in [0.4, 0.5) is 0 Å². The van der Waals surface area contributed by atoms with Gasteiger partial charge in [0.1, 0.15) is 11.6 Å². The van der Waals surface area contributed by atoms with E-state index in [-0.39, 0.29) is 11.0 Å². The quantitative estimate of drug-likeness (QED) is 0.484. The van der Waals surface area contributed by atoms with Gasteiger partial charge in [0, 0.05) is 13.2 Å². The highest BCUT2D eigenvalue weighted by molar-refractivity contribution is 6.58. The zero-order valence-electron chi connectivity index (χ0n) is 6.93. The minimum absolute atomic E-state index is 0.104. The maximum atomic E-state index is 11.2. The first-order valence-corrected chi connectivity index (χ1v) is 3.53. The van der Waals surface area contributed by atoms with Gasteiger partial charge >= 0.3 is 7.12 Å². The first-order chi connectivity index (χ1) is 6.06. The summed E-state index contributed by atoms with van der Waals surface area (Å²) in [5.41, 5.74) is -0.432. The van der Waals surface area contributed by atoms with Crippen LogP contribution in [0.25, 0.3) is 0 Å². The van der Waals surface area contributed by atoms with Crippen LogP contribution in [-0.4, -0.2) is 21.7 Å². The Balaban J connectivity index is 3.42. The van der Waals surface area contributed by atoms with E-state index in [1.807, 2.05) is 0 Å². The van der Waals surface area contributed by atoms with Crippen molar-refractivity contribution in [1.82, 2.24) is 4.57 Å². The van der Waals surface area contributed by atoms with Crippen molar-refractivity contribution in [1.29, 1.82) is 5.26 Å². The third-order valence-electron chi connectivity index (χ3n) is 1.62. The van der Waals surface area contributed by atoms with Crippen molar-refractivity contribution in [3.63, 3.8) is 0 Å². The van der Waals surface area contributed by atoms with Crippen LogP contribution in [0.5, 0.6) is 0 Å². The normalized spacial score (nSPS) is 9.38. The maximum Gasteiger partial charge on any atom is 0.489 e. The first-order valence-electron chi connectivity index (χ1n) is 3.53. The van der Waals surface area contributed by atoms with E-state index in [9.17, 15) is 4.79 Å². The van der Waals surface area contributed by atoms with Crippen molar-refractivity contribution in [3.8, 4) is 6.07 Å². The number of pyridine rings is 1. The molecule has 5 nitrogen and oxygen atoms in total. The van der Waals surface area contributed by atoms with E-state index in [0.29, 0.717) is 0 Å². The topological polar surface area (TPSA) is 86.2 Å². The van der Waals surface area contributed by atoms with Gasteiger partial charge in [0.15, 0.2) is 0 Å². The molecule has 13 heavy (non-hydrogen) atoms. The second-order valence-corrected chi connectivity index (χ2v) is 2.59. The largest absolute Gasteiger partial charge is 0.489 e. The minimum atomic E-state index is -1.67. The number of aromatic nitrogens is 1. The molecule has 0 bridgehead atoms. The molecular weight excluding hydrogens is 171 g/mol. The van der Waals surface area contributed by atoms with Gasteiger partial charge in [0.25, 0.3) is 5.56 Å². The van der Waals surface area contributed by atoms with Gasteiger partial charge < -0.3 is 14.6 Å². The highest BCUT2D eigenvalue weighted by Gasteiger charge is 2.14. The Morgan fingerprint density at radius 3 is 2.69 bits per heavy atom.